The predicted octanol–water partition coefficient (Wildman–Crippen LogP) is 3.87. The molecule has 3 aromatic rings. The van der Waals surface area contributed by atoms with E-state index >= 15 is 0 Å². The van der Waals surface area contributed by atoms with Gasteiger partial charge in [0.1, 0.15) is 24.7 Å². The van der Waals surface area contributed by atoms with E-state index < -0.39 is 0 Å². The second-order valence-corrected chi connectivity index (χ2v) is 6.75. The lowest BCUT2D eigenvalue weighted by atomic mass is 10.1. The van der Waals surface area contributed by atoms with Crippen LogP contribution in [0.3, 0.4) is 0 Å². The van der Waals surface area contributed by atoms with Gasteiger partial charge in [0.25, 0.3) is 0 Å². The second-order valence-electron chi connectivity index (χ2n) is 6.35. The first-order valence-corrected chi connectivity index (χ1v) is 9.82. The van der Waals surface area contributed by atoms with Gasteiger partial charge in [-0.15, -0.1) is 0 Å². The number of pyridine rings is 1. The molecule has 1 aliphatic heterocycles. The van der Waals surface area contributed by atoms with E-state index in [-0.39, 0.29) is 0 Å². The van der Waals surface area contributed by atoms with Crippen LogP contribution in [0, 0.1) is 4.51 Å². The Hall–Kier alpha value is -2.19. The topological polar surface area (TPSA) is 61.9 Å². The first-order chi connectivity index (χ1) is 13.8. The van der Waals surface area contributed by atoms with Crippen molar-refractivity contribution in [2.45, 2.75) is 0 Å². The fraction of sp³-hybridized carbons (Fsp3) is 0.381. The number of aromatic amines is 1. The van der Waals surface area contributed by atoms with Crippen molar-refractivity contribution in [2.24, 2.45) is 0 Å². The molecule has 0 radical (unpaired) electrons. The van der Waals surface area contributed by atoms with Crippen molar-refractivity contribution >= 4 is 34.0 Å². The third-order valence-electron chi connectivity index (χ3n) is 4.51. The van der Waals surface area contributed by atoms with Crippen LogP contribution in [0.5, 0.6) is 11.5 Å². The van der Waals surface area contributed by atoms with Crippen molar-refractivity contribution in [3.8, 4) is 11.5 Å². The highest BCUT2D eigenvalue weighted by molar-refractivity contribution is 7.72. The number of ether oxygens (including phenoxy) is 5. The number of para-hydroxylation sites is 2. The van der Waals surface area contributed by atoms with Gasteiger partial charge in [-0.2, -0.15) is 0 Å². The van der Waals surface area contributed by atoms with Crippen molar-refractivity contribution in [1.82, 2.24) is 4.98 Å². The number of hydrogen-bond acceptors (Lipinski definition) is 6. The molecule has 0 fully saturated rings. The van der Waals surface area contributed by atoms with Gasteiger partial charge in [-0.1, -0.05) is 36.5 Å². The molecule has 7 heteroatoms. The SMILES string of the molecule is S=c1c2cccc3c2[nH]c2c(cccc12)OCCOCCOCCOCCO3. The molecule has 2 bridgehead atoms. The number of hydrogen-bond donors (Lipinski definition) is 1. The van der Waals surface area contributed by atoms with Crippen molar-refractivity contribution in [3.05, 3.63) is 40.9 Å². The summed E-state index contributed by atoms with van der Waals surface area (Å²) in [4.78, 5) is 3.47. The minimum absolute atomic E-state index is 0.443. The van der Waals surface area contributed by atoms with E-state index in [1.807, 2.05) is 36.4 Å². The zero-order chi connectivity index (χ0) is 19.2. The van der Waals surface area contributed by atoms with E-state index in [1.165, 1.54) is 0 Å². The lowest BCUT2D eigenvalue weighted by Gasteiger charge is -2.14. The Morgan fingerprint density at radius 3 is 1.50 bits per heavy atom. The Balaban J connectivity index is 1.72. The largest absolute Gasteiger partial charge is 0.489 e. The van der Waals surface area contributed by atoms with Crippen LogP contribution < -0.4 is 9.47 Å². The van der Waals surface area contributed by atoms with Gasteiger partial charge >= 0.3 is 0 Å². The third-order valence-corrected chi connectivity index (χ3v) is 4.95. The van der Waals surface area contributed by atoms with Crippen LogP contribution in [0.25, 0.3) is 21.8 Å². The fourth-order valence-corrected chi connectivity index (χ4v) is 3.51. The molecule has 2 aromatic carbocycles. The summed E-state index contributed by atoms with van der Waals surface area (Å²) >= 11 is 5.75. The number of aromatic nitrogens is 1. The Kier molecular flexibility index (Phi) is 6.38. The maximum absolute atomic E-state index is 5.96. The van der Waals surface area contributed by atoms with Gasteiger partial charge in [0.05, 0.1) is 55.2 Å². The van der Waals surface area contributed by atoms with Crippen LogP contribution in [0.2, 0.25) is 0 Å². The highest BCUT2D eigenvalue weighted by Crippen LogP contribution is 2.32. The van der Waals surface area contributed by atoms with E-state index in [2.05, 4.69) is 4.98 Å². The van der Waals surface area contributed by atoms with Gasteiger partial charge in [-0.25, -0.2) is 0 Å². The molecule has 0 unspecified atom stereocenters. The molecule has 0 aliphatic carbocycles. The van der Waals surface area contributed by atoms with Crippen LogP contribution in [0.15, 0.2) is 36.4 Å². The molecule has 2 heterocycles. The van der Waals surface area contributed by atoms with Crippen LogP contribution in [0.1, 0.15) is 0 Å². The maximum Gasteiger partial charge on any atom is 0.143 e. The second kappa shape index (κ2) is 9.34. The summed E-state index contributed by atoms with van der Waals surface area (Å²) in [5, 5.41) is 1.90. The molecule has 0 saturated carbocycles. The summed E-state index contributed by atoms with van der Waals surface area (Å²) < 4.78 is 29.3. The van der Waals surface area contributed by atoms with Crippen LogP contribution in [-0.4, -0.2) is 57.8 Å². The first kappa shape index (κ1) is 19.1. The highest BCUT2D eigenvalue weighted by atomic mass is 32.1. The Labute approximate surface area is 168 Å². The molecule has 0 saturated heterocycles. The first-order valence-electron chi connectivity index (χ1n) is 9.41. The van der Waals surface area contributed by atoms with E-state index in [0.29, 0.717) is 52.9 Å². The monoisotopic (exact) mass is 401 g/mol. The number of benzene rings is 2. The average molecular weight is 401 g/mol. The van der Waals surface area contributed by atoms with E-state index in [4.69, 9.17) is 35.9 Å². The maximum atomic E-state index is 5.96. The van der Waals surface area contributed by atoms with Crippen molar-refractivity contribution in [1.29, 1.82) is 0 Å². The summed E-state index contributed by atoms with van der Waals surface area (Å²) in [5.41, 5.74) is 1.72. The van der Waals surface area contributed by atoms with Crippen molar-refractivity contribution < 1.29 is 23.7 Å². The van der Waals surface area contributed by atoms with Crippen LogP contribution >= 0.6 is 12.2 Å². The molecule has 0 spiro atoms. The number of nitrogens with one attached hydrogen (secondary N) is 1. The van der Waals surface area contributed by atoms with E-state index in [9.17, 15) is 0 Å². The Morgan fingerprint density at radius 1 is 0.607 bits per heavy atom. The number of H-pyrrole nitrogens is 1. The highest BCUT2D eigenvalue weighted by Gasteiger charge is 2.11. The molecule has 4 rings (SSSR count). The smallest absolute Gasteiger partial charge is 0.143 e. The van der Waals surface area contributed by atoms with E-state index in [1.54, 1.807) is 0 Å². The van der Waals surface area contributed by atoms with Gasteiger partial charge in [0.2, 0.25) is 0 Å². The standard InChI is InChI=1S/C21H23NO5S/c28-21-15-3-1-5-17-19(15)22-20-16(21)4-2-6-18(20)27-14-12-25-10-8-23-7-9-24-11-13-26-17/h1-6H,7-14H2,(H,22,28). The van der Waals surface area contributed by atoms with Gasteiger partial charge < -0.3 is 28.7 Å². The summed E-state index contributed by atoms with van der Waals surface area (Å²) in [6, 6.07) is 11.8. The molecule has 148 valence electrons. The summed E-state index contributed by atoms with van der Waals surface area (Å²) in [7, 11) is 0. The average Bonchev–Trinajstić information content (AvgIpc) is 2.71. The number of rotatable bonds is 0. The summed E-state index contributed by atoms with van der Waals surface area (Å²) in [6.45, 7) is 3.98. The normalized spacial score (nSPS) is 17.1. The predicted molar refractivity (Wildman–Crippen MR) is 110 cm³/mol. The van der Waals surface area contributed by atoms with Crippen LogP contribution in [0.4, 0.5) is 0 Å². The minimum Gasteiger partial charge on any atom is -0.489 e. The van der Waals surface area contributed by atoms with Gasteiger partial charge in [0, 0.05) is 10.8 Å². The van der Waals surface area contributed by atoms with Gasteiger partial charge in [0.15, 0.2) is 0 Å². The van der Waals surface area contributed by atoms with Gasteiger partial charge in [-0.3, -0.25) is 0 Å². The molecule has 6 nitrogen and oxygen atoms in total. The quantitative estimate of drug-likeness (QED) is 0.456. The van der Waals surface area contributed by atoms with Crippen LogP contribution in [-0.2, 0) is 14.2 Å². The molecule has 1 aliphatic rings. The zero-order valence-corrected chi connectivity index (χ0v) is 16.4. The van der Waals surface area contributed by atoms with Crippen molar-refractivity contribution in [3.63, 3.8) is 0 Å². The van der Waals surface area contributed by atoms with E-state index in [0.717, 1.165) is 37.8 Å². The zero-order valence-electron chi connectivity index (χ0n) is 15.6. The summed E-state index contributed by atoms with van der Waals surface area (Å²) in [6.07, 6.45) is 0. The Bertz CT molecular complexity index is 928. The molecule has 1 N–H and O–H groups in total. The molecular formula is C21H23NO5S. The van der Waals surface area contributed by atoms with Gasteiger partial charge in [-0.05, 0) is 12.1 Å². The third kappa shape index (κ3) is 4.28. The summed E-state index contributed by atoms with van der Waals surface area (Å²) in [5.74, 6) is 1.48. The molecule has 28 heavy (non-hydrogen) atoms. The molecular weight excluding hydrogens is 378 g/mol. The molecule has 0 amide bonds. The van der Waals surface area contributed by atoms with Crippen molar-refractivity contribution in [2.75, 3.05) is 52.9 Å². The minimum atomic E-state index is 0.443. The fourth-order valence-electron chi connectivity index (χ4n) is 3.17. The lowest BCUT2D eigenvalue weighted by molar-refractivity contribution is 0.00506. The molecule has 1 aromatic heterocycles. The lowest BCUT2D eigenvalue weighted by Crippen LogP contribution is -2.14. The molecule has 0 atom stereocenters. The Morgan fingerprint density at radius 2 is 1.04 bits per heavy atom.